The smallest absolute Gasteiger partial charge is 0.248 e. The zero-order valence-electron chi connectivity index (χ0n) is 19.5. The Morgan fingerprint density at radius 1 is 1.14 bits per heavy atom. The molecular weight excluding hydrogens is 486 g/mol. The number of hydrogen-bond acceptors (Lipinski definition) is 5. The Bertz CT molecular complexity index is 1160. The number of hydrogen-bond donors (Lipinski definition) is 3. The van der Waals surface area contributed by atoms with Gasteiger partial charge in [-0.3, -0.25) is 14.4 Å². The molecule has 35 heavy (non-hydrogen) atoms. The number of nitrogens with zero attached hydrogens (tertiary/aromatic N) is 1. The molecule has 3 amide bonds. The molecule has 2 aromatic rings. The topological polar surface area (TPSA) is 98.7 Å². The van der Waals surface area contributed by atoms with E-state index in [4.69, 9.17) is 11.6 Å². The monoisotopic (exact) mass is 513 g/mol. The second-order valence-corrected chi connectivity index (χ2v) is 12.0. The first kappa shape index (κ1) is 24.2. The number of halogens is 1. The van der Waals surface area contributed by atoms with Crippen molar-refractivity contribution < 1.29 is 19.5 Å². The number of thioether (sulfide) groups is 1. The van der Waals surface area contributed by atoms with Crippen LogP contribution in [0.2, 0.25) is 5.02 Å². The van der Waals surface area contributed by atoms with Gasteiger partial charge in [0.2, 0.25) is 17.7 Å². The second kappa shape index (κ2) is 8.84. The van der Waals surface area contributed by atoms with Crippen LogP contribution in [0.25, 0.3) is 0 Å². The Balaban J connectivity index is 1.61. The number of anilines is 1. The van der Waals surface area contributed by atoms with Gasteiger partial charge in [0.05, 0.1) is 29.2 Å². The van der Waals surface area contributed by atoms with E-state index in [9.17, 15) is 19.5 Å². The van der Waals surface area contributed by atoms with E-state index in [0.29, 0.717) is 17.1 Å². The van der Waals surface area contributed by atoms with Crippen LogP contribution >= 0.6 is 23.4 Å². The average Bonchev–Trinajstić information content (AvgIpc) is 3.42. The first-order chi connectivity index (χ1) is 16.8. The summed E-state index contributed by atoms with van der Waals surface area (Å²) in [5.41, 5.74) is 1.31. The average molecular weight is 514 g/mol. The number of rotatable bonds is 6. The van der Waals surface area contributed by atoms with E-state index in [1.54, 1.807) is 48.0 Å². The molecule has 0 saturated carbocycles. The van der Waals surface area contributed by atoms with Crippen LogP contribution in [0.15, 0.2) is 54.6 Å². The van der Waals surface area contributed by atoms with E-state index in [2.05, 4.69) is 10.6 Å². The van der Waals surface area contributed by atoms with Crippen molar-refractivity contribution in [3.8, 4) is 0 Å². The zero-order valence-corrected chi connectivity index (χ0v) is 21.1. The molecule has 3 aliphatic heterocycles. The summed E-state index contributed by atoms with van der Waals surface area (Å²) in [6.45, 7) is 1.69. The summed E-state index contributed by atoms with van der Waals surface area (Å²) in [7, 11) is 1.58. The number of carbonyl (C=O) groups excluding carboxylic acids is 3. The van der Waals surface area contributed by atoms with Crippen molar-refractivity contribution in [2.75, 3.05) is 19.0 Å². The quantitative estimate of drug-likeness (QED) is 0.551. The normalized spacial score (nSPS) is 31.8. The van der Waals surface area contributed by atoms with Crippen molar-refractivity contribution in [3.05, 3.63) is 65.2 Å². The van der Waals surface area contributed by atoms with Crippen LogP contribution < -0.4 is 10.6 Å². The van der Waals surface area contributed by atoms with Gasteiger partial charge in [-0.25, -0.2) is 0 Å². The van der Waals surface area contributed by atoms with Gasteiger partial charge in [0.25, 0.3) is 0 Å². The zero-order chi connectivity index (χ0) is 25.0. The third kappa shape index (κ3) is 3.65. The van der Waals surface area contributed by atoms with Crippen LogP contribution in [0.5, 0.6) is 0 Å². The van der Waals surface area contributed by atoms with Crippen LogP contribution in [0.3, 0.4) is 0 Å². The Morgan fingerprint density at radius 3 is 2.46 bits per heavy atom. The summed E-state index contributed by atoms with van der Waals surface area (Å²) in [5.74, 6) is -1.96. The highest BCUT2D eigenvalue weighted by Crippen LogP contribution is 2.72. The fraction of sp³-hybridized carbons (Fsp3) is 0.423. The van der Waals surface area contributed by atoms with Gasteiger partial charge in [-0.05, 0) is 49.6 Å². The number of fused-ring (bicyclic) bond motifs is 1. The predicted molar refractivity (Wildman–Crippen MR) is 136 cm³/mol. The summed E-state index contributed by atoms with van der Waals surface area (Å²) in [6.07, 6.45) is 1.37. The minimum absolute atomic E-state index is 0.182. The fourth-order valence-electron chi connectivity index (χ4n) is 6.33. The van der Waals surface area contributed by atoms with Crippen molar-refractivity contribution >= 4 is 46.8 Å². The Labute approximate surface area is 213 Å². The molecule has 2 unspecified atom stereocenters. The molecule has 3 heterocycles. The van der Waals surface area contributed by atoms with Crippen molar-refractivity contribution in [2.45, 2.75) is 41.3 Å². The highest BCUT2D eigenvalue weighted by Gasteiger charge is 2.77. The van der Waals surface area contributed by atoms with Crippen molar-refractivity contribution in [3.63, 3.8) is 0 Å². The van der Waals surface area contributed by atoms with E-state index in [-0.39, 0.29) is 24.3 Å². The number of amides is 3. The number of carbonyl (C=O) groups is 3. The molecule has 7 nitrogen and oxygen atoms in total. The SMILES string of the molecule is CNC(=O)[C@@H]1[C@H]2C(=O)N([C@H](CO)c3ccccc3)C(C(=O)Nc3ccc(Cl)cc3)C23CC[C@@]1(C)S3. The summed E-state index contributed by atoms with van der Waals surface area (Å²) in [4.78, 5) is 42.7. The molecule has 3 fully saturated rings. The van der Waals surface area contributed by atoms with E-state index < -0.39 is 33.4 Å². The van der Waals surface area contributed by atoms with Crippen molar-refractivity contribution in [1.82, 2.24) is 10.2 Å². The highest BCUT2D eigenvalue weighted by atomic mass is 35.5. The first-order valence-corrected chi connectivity index (χ1v) is 12.9. The van der Waals surface area contributed by atoms with Crippen molar-refractivity contribution in [1.29, 1.82) is 0 Å². The van der Waals surface area contributed by atoms with Gasteiger partial charge in [-0.2, -0.15) is 0 Å². The fourth-order valence-corrected chi connectivity index (χ4v) is 8.80. The molecular formula is C26H28ClN3O4S. The predicted octanol–water partition coefficient (Wildman–Crippen LogP) is 3.24. The molecule has 3 aliphatic rings. The van der Waals surface area contributed by atoms with Gasteiger partial charge >= 0.3 is 0 Å². The molecule has 2 bridgehead atoms. The van der Waals surface area contributed by atoms with Gasteiger partial charge in [0.15, 0.2) is 0 Å². The van der Waals surface area contributed by atoms with E-state index >= 15 is 0 Å². The molecule has 0 aromatic heterocycles. The van der Waals surface area contributed by atoms with Gasteiger partial charge in [-0.1, -0.05) is 41.9 Å². The Morgan fingerprint density at radius 2 is 1.83 bits per heavy atom. The summed E-state index contributed by atoms with van der Waals surface area (Å²) < 4.78 is -1.20. The Hall–Kier alpha value is -2.55. The minimum Gasteiger partial charge on any atom is -0.394 e. The van der Waals surface area contributed by atoms with Crippen LogP contribution in [0.1, 0.15) is 31.4 Å². The molecule has 1 spiro atoms. The maximum Gasteiger partial charge on any atom is 0.248 e. The molecule has 184 valence electrons. The lowest BCUT2D eigenvalue weighted by Crippen LogP contribution is -2.52. The molecule has 0 aliphatic carbocycles. The van der Waals surface area contributed by atoms with Crippen LogP contribution in [0, 0.1) is 11.8 Å². The van der Waals surface area contributed by atoms with E-state index in [1.165, 1.54) is 0 Å². The molecule has 3 saturated heterocycles. The van der Waals surface area contributed by atoms with Gasteiger partial charge in [0, 0.05) is 22.5 Å². The summed E-state index contributed by atoms with van der Waals surface area (Å²) in [6, 6.07) is 14.5. The number of aliphatic hydroxyl groups excluding tert-OH is 1. The maximum absolute atomic E-state index is 14.2. The molecule has 0 radical (unpaired) electrons. The molecule has 6 atom stereocenters. The van der Waals surface area contributed by atoms with Crippen LogP contribution in [-0.2, 0) is 14.4 Å². The summed E-state index contributed by atoms with van der Waals surface area (Å²) in [5, 5.41) is 16.7. The number of likely N-dealkylation sites (tertiary alicyclic amines) is 1. The Kier molecular flexibility index (Phi) is 6.10. The lowest BCUT2D eigenvalue weighted by molar-refractivity contribution is -0.142. The van der Waals surface area contributed by atoms with Gasteiger partial charge < -0.3 is 20.6 Å². The lowest BCUT2D eigenvalue weighted by Gasteiger charge is -2.37. The molecule has 9 heteroatoms. The van der Waals surface area contributed by atoms with Gasteiger partial charge in [-0.15, -0.1) is 11.8 Å². The number of nitrogens with one attached hydrogen (secondary N) is 2. The van der Waals surface area contributed by atoms with Gasteiger partial charge in [0.1, 0.15) is 6.04 Å². The lowest BCUT2D eigenvalue weighted by atomic mass is 9.66. The largest absolute Gasteiger partial charge is 0.394 e. The second-order valence-electron chi connectivity index (χ2n) is 9.69. The number of aliphatic hydroxyl groups is 1. The van der Waals surface area contributed by atoms with Crippen molar-refractivity contribution in [2.24, 2.45) is 11.8 Å². The minimum atomic E-state index is -0.852. The van der Waals surface area contributed by atoms with E-state index in [0.717, 1.165) is 12.0 Å². The van der Waals surface area contributed by atoms with Crippen LogP contribution in [-0.4, -0.2) is 56.9 Å². The van der Waals surface area contributed by atoms with Crippen LogP contribution in [0.4, 0.5) is 5.69 Å². The molecule has 3 N–H and O–H groups in total. The molecule has 5 rings (SSSR count). The number of benzene rings is 2. The standard InChI is InChI=1S/C26H28ClN3O4S/c1-25-12-13-26(35-25)20(19(25)22(32)28-2)24(34)30(18(14-31)15-6-4-3-5-7-15)21(26)23(33)29-17-10-8-16(27)9-11-17/h3-11,18-21,31H,12-14H2,1-2H3,(H,28,32)(H,29,33)/t18-,19+,20+,21?,25-,26?/m1/s1. The maximum atomic E-state index is 14.2. The third-order valence-corrected chi connectivity index (χ3v) is 10.0. The first-order valence-electron chi connectivity index (χ1n) is 11.7. The summed E-state index contributed by atoms with van der Waals surface area (Å²) >= 11 is 7.61. The third-order valence-electron chi connectivity index (χ3n) is 7.80. The van der Waals surface area contributed by atoms with E-state index in [1.807, 2.05) is 37.3 Å². The molecule has 2 aromatic carbocycles. The highest BCUT2D eigenvalue weighted by molar-refractivity contribution is 8.02.